The molecule has 0 aliphatic carbocycles. The third kappa shape index (κ3) is 3.73. The predicted molar refractivity (Wildman–Crippen MR) is 59.7 cm³/mol. The molecule has 0 spiro atoms. The summed E-state index contributed by atoms with van der Waals surface area (Å²) in [6, 6.07) is 4.41. The van der Waals surface area contributed by atoms with Gasteiger partial charge in [0.15, 0.2) is 0 Å². The van der Waals surface area contributed by atoms with Gasteiger partial charge < -0.3 is 14.9 Å². The molecule has 0 atom stereocenters. The van der Waals surface area contributed by atoms with Gasteiger partial charge in [-0.2, -0.15) is 0 Å². The molecular formula is C10H9F2O5P. The van der Waals surface area contributed by atoms with Crippen LogP contribution in [0, 0.1) is 0 Å². The van der Waals surface area contributed by atoms with Crippen LogP contribution in [0.15, 0.2) is 29.8 Å². The first-order valence-electron chi connectivity index (χ1n) is 4.61. The predicted octanol–water partition coefficient (Wildman–Crippen LogP) is 1.22. The van der Waals surface area contributed by atoms with E-state index in [2.05, 4.69) is 0 Å². The molecule has 0 saturated carbocycles. The van der Waals surface area contributed by atoms with E-state index in [9.17, 15) is 18.1 Å². The van der Waals surface area contributed by atoms with Crippen molar-refractivity contribution in [3.8, 4) is 0 Å². The first-order valence-corrected chi connectivity index (χ1v) is 6.22. The van der Waals surface area contributed by atoms with Crippen LogP contribution in [0.4, 0.5) is 8.78 Å². The Morgan fingerprint density at radius 1 is 1.22 bits per heavy atom. The smallest absolute Gasteiger partial charge is 0.356 e. The Morgan fingerprint density at radius 2 is 1.72 bits per heavy atom. The van der Waals surface area contributed by atoms with E-state index in [4.69, 9.17) is 14.9 Å². The lowest BCUT2D eigenvalue weighted by Gasteiger charge is -2.04. The average molecular weight is 278 g/mol. The molecule has 0 bridgehead atoms. The summed E-state index contributed by atoms with van der Waals surface area (Å²) in [5.41, 5.74) is -0.969. The summed E-state index contributed by atoms with van der Waals surface area (Å²) in [5.74, 6) is -1.75. The number of hydrogen-bond donors (Lipinski definition) is 3. The van der Waals surface area contributed by atoms with Crippen LogP contribution in [0.5, 0.6) is 0 Å². The Hall–Kier alpha value is -1.56. The molecule has 0 aromatic heterocycles. The molecule has 3 N–H and O–H groups in total. The zero-order chi connectivity index (χ0) is 13.9. The number of rotatable bonds is 4. The molecule has 1 rings (SSSR count). The first kappa shape index (κ1) is 14.5. The summed E-state index contributed by atoms with van der Waals surface area (Å²) in [4.78, 5) is 28.1. The third-order valence-electron chi connectivity index (χ3n) is 2.03. The summed E-state index contributed by atoms with van der Waals surface area (Å²) in [5, 5.41) is 8.25. The van der Waals surface area contributed by atoms with Crippen LogP contribution in [0.2, 0.25) is 0 Å². The monoisotopic (exact) mass is 278 g/mol. The zero-order valence-electron chi connectivity index (χ0n) is 8.83. The lowest BCUT2D eigenvalue weighted by atomic mass is 10.1. The number of carboxylic acid groups (broad SMARTS) is 1. The number of carbonyl (C=O) groups is 1. The minimum atomic E-state index is -4.40. The number of benzene rings is 1. The van der Waals surface area contributed by atoms with Gasteiger partial charge in [0.05, 0.1) is 5.30 Å². The summed E-state index contributed by atoms with van der Waals surface area (Å²) in [7, 11) is -4.40. The van der Waals surface area contributed by atoms with E-state index in [1.807, 2.05) is 0 Å². The standard InChI is InChI=1S/C10H9F2O5P/c11-9(12)8(10(13)14)5-6-1-3-7(4-2-6)18(15,16)17/h1-5,9H,(H,13,14)(H2,15,16,17). The molecule has 0 fully saturated rings. The molecule has 1 aromatic rings. The number of alkyl halides is 2. The van der Waals surface area contributed by atoms with Crippen LogP contribution in [-0.4, -0.2) is 27.3 Å². The highest BCUT2D eigenvalue weighted by molar-refractivity contribution is 7.60. The molecule has 18 heavy (non-hydrogen) atoms. The van der Waals surface area contributed by atoms with E-state index in [1.165, 1.54) is 0 Å². The van der Waals surface area contributed by atoms with Gasteiger partial charge in [-0.25, -0.2) is 13.6 Å². The van der Waals surface area contributed by atoms with Gasteiger partial charge in [0.1, 0.15) is 5.57 Å². The maximum Gasteiger partial charge on any atom is 0.356 e. The van der Waals surface area contributed by atoms with Crippen LogP contribution in [-0.2, 0) is 9.36 Å². The SMILES string of the molecule is O=C(O)C(=Cc1ccc(P(=O)(O)O)cc1)C(F)F. The molecule has 0 saturated heterocycles. The molecule has 0 aliphatic heterocycles. The Morgan fingerprint density at radius 3 is 2.06 bits per heavy atom. The molecule has 0 aliphatic rings. The third-order valence-corrected chi connectivity index (χ3v) is 3.00. The van der Waals surface area contributed by atoms with Crippen molar-refractivity contribution in [2.24, 2.45) is 0 Å². The van der Waals surface area contributed by atoms with Crippen LogP contribution < -0.4 is 5.30 Å². The van der Waals surface area contributed by atoms with Crippen LogP contribution in [0.1, 0.15) is 5.56 Å². The second kappa shape index (κ2) is 5.39. The fraction of sp³-hybridized carbons (Fsp3) is 0.100. The maximum absolute atomic E-state index is 12.3. The summed E-state index contributed by atoms with van der Waals surface area (Å²) >= 11 is 0. The minimum Gasteiger partial charge on any atom is -0.478 e. The Bertz CT molecular complexity index is 518. The van der Waals surface area contributed by atoms with Gasteiger partial charge >= 0.3 is 13.6 Å². The summed E-state index contributed by atoms with van der Waals surface area (Å²) in [6.45, 7) is 0. The molecule has 98 valence electrons. The molecule has 8 heteroatoms. The van der Waals surface area contributed by atoms with E-state index >= 15 is 0 Å². The Kier molecular flexibility index (Phi) is 4.34. The highest BCUT2D eigenvalue weighted by atomic mass is 31.2. The number of carboxylic acids is 1. The largest absolute Gasteiger partial charge is 0.478 e. The second-order valence-corrected chi connectivity index (χ2v) is 4.95. The van der Waals surface area contributed by atoms with Gasteiger partial charge in [0.2, 0.25) is 0 Å². The van der Waals surface area contributed by atoms with Crippen LogP contribution >= 0.6 is 7.60 Å². The van der Waals surface area contributed by atoms with E-state index in [-0.39, 0.29) is 10.9 Å². The van der Waals surface area contributed by atoms with Crippen molar-refractivity contribution in [2.75, 3.05) is 0 Å². The molecule has 0 amide bonds. The first-order chi connectivity index (χ1) is 8.21. The van der Waals surface area contributed by atoms with Crippen molar-refractivity contribution in [1.29, 1.82) is 0 Å². The fourth-order valence-corrected chi connectivity index (χ4v) is 1.70. The number of halogens is 2. The van der Waals surface area contributed by atoms with E-state index in [1.54, 1.807) is 0 Å². The summed E-state index contributed by atoms with van der Waals surface area (Å²) in [6.07, 6.45) is -2.39. The van der Waals surface area contributed by atoms with Gasteiger partial charge in [-0.15, -0.1) is 0 Å². The van der Waals surface area contributed by atoms with Crippen LogP contribution in [0.3, 0.4) is 0 Å². The van der Waals surface area contributed by atoms with Gasteiger partial charge in [-0.3, -0.25) is 4.57 Å². The molecule has 5 nitrogen and oxygen atoms in total. The van der Waals surface area contributed by atoms with Crippen molar-refractivity contribution in [1.82, 2.24) is 0 Å². The highest BCUT2D eigenvalue weighted by Crippen LogP contribution is 2.32. The lowest BCUT2D eigenvalue weighted by molar-refractivity contribution is -0.133. The van der Waals surface area contributed by atoms with Crippen molar-refractivity contribution < 1.29 is 33.0 Å². The average Bonchev–Trinajstić information content (AvgIpc) is 2.24. The van der Waals surface area contributed by atoms with Gasteiger partial charge in [0, 0.05) is 0 Å². The fourth-order valence-electron chi connectivity index (χ4n) is 1.16. The zero-order valence-corrected chi connectivity index (χ0v) is 9.72. The lowest BCUT2D eigenvalue weighted by Crippen LogP contribution is -2.09. The van der Waals surface area contributed by atoms with Crippen molar-refractivity contribution >= 4 is 24.9 Å². The highest BCUT2D eigenvalue weighted by Gasteiger charge is 2.19. The second-order valence-electron chi connectivity index (χ2n) is 3.34. The molecular weight excluding hydrogens is 269 g/mol. The topological polar surface area (TPSA) is 94.8 Å². The minimum absolute atomic E-state index is 0.116. The Labute approximate surface area is 101 Å². The van der Waals surface area contributed by atoms with Crippen molar-refractivity contribution in [3.05, 3.63) is 35.4 Å². The quantitative estimate of drug-likeness (QED) is 0.568. The molecule has 0 heterocycles. The van der Waals surface area contributed by atoms with Gasteiger partial charge in [0.25, 0.3) is 6.43 Å². The van der Waals surface area contributed by atoms with Gasteiger partial charge in [-0.1, -0.05) is 12.1 Å². The number of aliphatic carboxylic acids is 1. The Balaban J connectivity index is 3.09. The maximum atomic E-state index is 12.3. The van der Waals surface area contributed by atoms with Crippen LogP contribution in [0.25, 0.3) is 6.08 Å². The number of hydrogen-bond acceptors (Lipinski definition) is 2. The normalized spacial score (nSPS) is 12.8. The van der Waals surface area contributed by atoms with Gasteiger partial charge in [-0.05, 0) is 23.8 Å². The van der Waals surface area contributed by atoms with E-state index < -0.39 is 25.6 Å². The summed E-state index contributed by atoms with van der Waals surface area (Å²) < 4.78 is 35.5. The molecule has 0 radical (unpaired) electrons. The van der Waals surface area contributed by atoms with E-state index in [0.717, 1.165) is 30.3 Å². The van der Waals surface area contributed by atoms with Crippen molar-refractivity contribution in [3.63, 3.8) is 0 Å². The molecule has 1 aromatic carbocycles. The van der Waals surface area contributed by atoms with E-state index in [0.29, 0.717) is 0 Å². The molecule has 0 unspecified atom stereocenters. The van der Waals surface area contributed by atoms with Crippen molar-refractivity contribution in [2.45, 2.75) is 6.43 Å².